The molecule has 5 nitrogen and oxygen atoms in total. The van der Waals surface area contributed by atoms with E-state index in [0.717, 1.165) is 17.9 Å². The maximum atomic E-state index is 9.70. The monoisotopic (exact) mass is 308 g/mol. The lowest BCUT2D eigenvalue weighted by Crippen LogP contribution is -2.41. The topological polar surface area (TPSA) is 54.0 Å². The number of hydrogen-bond acceptors (Lipinski definition) is 5. The SMILES string of the molecule is CC(C)(O)CCNc1ccc(N2OC(C)(C)C(C)(C)O2)cc1. The van der Waals surface area contributed by atoms with Crippen molar-refractivity contribution in [2.24, 2.45) is 0 Å². The first-order chi connectivity index (χ1) is 10.0. The van der Waals surface area contributed by atoms with Gasteiger partial charge in [-0.2, -0.15) is 0 Å². The van der Waals surface area contributed by atoms with Crippen molar-refractivity contribution in [2.45, 2.75) is 64.8 Å². The van der Waals surface area contributed by atoms with Crippen LogP contribution in [0.3, 0.4) is 0 Å². The van der Waals surface area contributed by atoms with Gasteiger partial charge in [0, 0.05) is 12.2 Å². The molecule has 0 aliphatic carbocycles. The van der Waals surface area contributed by atoms with Crippen LogP contribution in [-0.4, -0.2) is 28.5 Å². The second-order valence-corrected chi connectivity index (χ2v) is 7.50. The number of anilines is 2. The molecule has 22 heavy (non-hydrogen) atoms. The molecule has 124 valence electrons. The molecule has 1 saturated heterocycles. The maximum absolute atomic E-state index is 9.70. The van der Waals surface area contributed by atoms with Gasteiger partial charge in [-0.1, -0.05) is 0 Å². The van der Waals surface area contributed by atoms with E-state index in [1.807, 2.05) is 65.8 Å². The highest BCUT2D eigenvalue weighted by atomic mass is 17.0. The van der Waals surface area contributed by atoms with E-state index in [1.165, 1.54) is 5.23 Å². The molecule has 1 aromatic carbocycles. The first-order valence-electron chi connectivity index (χ1n) is 7.75. The number of benzene rings is 1. The number of rotatable bonds is 5. The van der Waals surface area contributed by atoms with Crippen molar-refractivity contribution in [2.75, 3.05) is 17.1 Å². The largest absolute Gasteiger partial charge is 0.390 e. The predicted octanol–water partition coefficient (Wildman–Crippen LogP) is 3.50. The van der Waals surface area contributed by atoms with Crippen molar-refractivity contribution in [1.82, 2.24) is 0 Å². The number of nitrogens with one attached hydrogen (secondary N) is 1. The van der Waals surface area contributed by atoms with Crippen molar-refractivity contribution in [3.05, 3.63) is 24.3 Å². The number of aliphatic hydroxyl groups is 1. The van der Waals surface area contributed by atoms with Crippen molar-refractivity contribution >= 4 is 11.4 Å². The van der Waals surface area contributed by atoms with Gasteiger partial charge in [-0.05, 0) is 72.2 Å². The fourth-order valence-electron chi connectivity index (χ4n) is 1.97. The minimum absolute atomic E-state index is 0.392. The maximum Gasteiger partial charge on any atom is 0.124 e. The van der Waals surface area contributed by atoms with Crippen molar-refractivity contribution < 1.29 is 14.8 Å². The fourth-order valence-corrected chi connectivity index (χ4v) is 1.97. The molecule has 0 saturated carbocycles. The van der Waals surface area contributed by atoms with Gasteiger partial charge in [-0.3, -0.25) is 0 Å². The van der Waals surface area contributed by atoms with E-state index in [0.29, 0.717) is 6.42 Å². The number of hydrogen-bond donors (Lipinski definition) is 2. The Morgan fingerprint density at radius 3 is 2.00 bits per heavy atom. The molecule has 5 heteroatoms. The zero-order valence-electron chi connectivity index (χ0n) is 14.4. The summed E-state index contributed by atoms with van der Waals surface area (Å²) in [5.41, 5.74) is 0.423. The van der Waals surface area contributed by atoms with Gasteiger partial charge >= 0.3 is 0 Å². The van der Waals surface area contributed by atoms with Gasteiger partial charge in [-0.15, -0.1) is 5.23 Å². The lowest BCUT2D eigenvalue weighted by Gasteiger charge is -2.26. The van der Waals surface area contributed by atoms with E-state index in [4.69, 9.17) is 9.68 Å². The van der Waals surface area contributed by atoms with Gasteiger partial charge in [0.05, 0.1) is 11.3 Å². The van der Waals surface area contributed by atoms with Crippen LogP contribution in [0.2, 0.25) is 0 Å². The smallest absolute Gasteiger partial charge is 0.124 e. The molecule has 0 atom stereocenters. The summed E-state index contributed by atoms with van der Waals surface area (Å²) in [6.07, 6.45) is 0.690. The molecule has 2 rings (SSSR count). The quantitative estimate of drug-likeness (QED) is 0.872. The Hall–Kier alpha value is -1.30. The third kappa shape index (κ3) is 3.91. The van der Waals surface area contributed by atoms with Crippen LogP contribution in [0.4, 0.5) is 11.4 Å². The molecule has 0 unspecified atom stereocenters. The molecule has 1 fully saturated rings. The fraction of sp³-hybridized carbons (Fsp3) is 0.647. The van der Waals surface area contributed by atoms with Crippen LogP contribution in [0, 0.1) is 0 Å². The van der Waals surface area contributed by atoms with Crippen LogP contribution < -0.4 is 10.5 Å². The van der Waals surface area contributed by atoms with Crippen LogP contribution in [0.25, 0.3) is 0 Å². The summed E-state index contributed by atoms with van der Waals surface area (Å²) in [5, 5.41) is 14.5. The molecule has 2 N–H and O–H groups in total. The summed E-state index contributed by atoms with van der Waals surface area (Å²) in [5.74, 6) is 0. The summed E-state index contributed by atoms with van der Waals surface area (Å²) in [6, 6.07) is 7.85. The van der Waals surface area contributed by atoms with Gasteiger partial charge in [0.1, 0.15) is 11.2 Å². The standard InChI is InChI=1S/C17H28N2O3/c1-15(2,20)11-12-18-13-7-9-14(10-8-13)19-21-16(3,4)17(5,6)22-19/h7-10,18,20H,11-12H2,1-6H3. The predicted molar refractivity (Wildman–Crippen MR) is 88.7 cm³/mol. The van der Waals surface area contributed by atoms with Gasteiger partial charge < -0.3 is 10.4 Å². The second-order valence-electron chi connectivity index (χ2n) is 7.50. The summed E-state index contributed by atoms with van der Waals surface area (Å²) in [4.78, 5) is 11.7. The highest BCUT2D eigenvalue weighted by molar-refractivity contribution is 5.53. The average molecular weight is 308 g/mol. The van der Waals surface area contributed by atoms with E-state index in [9.17, 15) is 5.11 Å². The van der Waals surface area contributed by atoms with Gasteiger partial charge in [0.2, 0.25) is 0 Å². The van der Waals surface area contributed by atoms with Crippen LogP contribution >= 0.6 is 0 Å². The van der Waals surface area contributed by atoms with Crippen LogP contribution in [0.15, 0.2) is 24.3 Å². The second kappa shape index (κ2) is 5.72. The summed E-state index contributed by atoms with van der Waals surface area (Å²) < 4.78 is 0. The molecule has 1 aliphatic rings. The Kier molecular flexibility index (Phi) is 4.44. The molecule has 0 amide bonds. The lowest BCUT2D eigenvalue weighted by molar-refractivity contribution is -0.0272. The summed E-state index contributed by atoms with van der Waals surface area (Å²) >= 11 is 0. The van der Waals surface area contributed by atoms with Crippen LogP contribution in [-0.2, 0) is 9.68 Å². The zero-order valence-corrected chi connectivity index (χ0v) is 14.4. The first kappa shape index (κ1) is 17.1. The molecule has 0 spiro atoms. The molecule has 0 bridgehead atoms. The van der Waals surface area contributed by atoms with Crippen molar-refractivity contribution in [1.29, 1.82) is 0 Å². The Morgan fingerprint density at radius 1 is 1.05 bits per heavy atom. The Labute approximate surface area is 133 Å². The van der Waals surface area contributed by atoms with E-state index < -0.39 is 16.8 Å². The number of nitrogens with zero attached hydrogens (tertiary/aromatic N) is 1. The van der Waals surface area contributed by atoms with Crippen molar-refractivity contribution in [3.63, 3.8) is 0 Å². The first-order valence-corrected chi connectivity index (χ1v) is 7.75. The summed E-state index contributed by atoms with van der Waals surface area (Å²) in [6.45, 7) is 12.4. The Bertz CT molecular complexity index is 488. The van der Waals surface area contributed by atoms with Crippen LogP contribution in [0.5, 0.6) is 0 Å². The highest BCUT2D eigenvalue weighted by Crippen LogP contribution is 2.39. The molecule has 0 aromatic heterocycles. The lowest BCUT2D eigenvalue weighted by atomic mass is 9.90. The zero-order chi connectivity index (χ0) is 16.6. The van der Waals surface area contributed by atoms with E-state index in [-0.39, 0.29) is 0 Å². The van der Waals surface area contributed by atoms with E-state index >= 15 is 0 Å². The van der Waals surface area contributed by atoms with Gasteiger partial charge in [-0.25, -0.2) is 9.68 Å². The molecule has 0 radical (unpaired) electrons. The Morgan fingerprint density at radius 2 is 1.55 bits per heavy atom. The minimum Gasteiger partial charge on any atom is -0.390 e. The molecular weight excluding hydrogens is 280 g/mol. The van der Waals surface area contributed by atoms with E-state index in [2.05, 4.69) is 5.32 Å². The normalized spacial score (nSPS) is 20.2. The van der Waals surface area contributed by atoms with E-state index in [1.54, 1.807) is 0 Å². The molecular formula is C17H28N2O3. The van der Waals surface area contributed by atoms with Gasteiger partial charge in [0.25, 0.3) is 0 Å². The summed E-state index contributed by atoms with van der Waals surface area (Å²) in [7, 11) is 0. The molecule has 1 heterocycles. The molecule has 1 aromatic rings. The van der Waals surface area contributed by atoms with Gasteiger partial charge in [0.15, 0.2) is 0 Å². The third-order valence-corrected chi connectivity index (χ3v) is 4.22. The van der Waals surface area contributed by atoms with Crippen molar-refractivity contribution in [3.8, 4) is 0 Å². The van der Waals surface area contributed by atoms with Crippen LogP contribution in [0.1, 0.15) is 48.0 Å². The minimum atomic E-state index is -0.651. The molecule has 1 aliphatic heterocycles. The Balaban J connectivity index is 1.96. The highest BCUT2D eigenvalue weighted by Gasteiger charge is 2.50. The average Bonchev–Trinajstić information content (AvgIpc) is 2.58. The third-order valence-electron chi connectivity index (χ3n) is 4.22.